The number of likely N-dealkylation sites (N-methyl/N-ethyl adjacent to an activating group) is 1. The van der Waals surface area contributed by atoms with Gasteiger partial charge in [-0.1, -0.05) is 44.2 Å². The molecule has 0 unspecified atom stereocenters. The van der Waals surface area contributed by atoms with Crippen molar-refractivity contribution in [3.05, 3.63) is 48.0 Å². The molecule has 1 N–H and O–H groups in total. The molecule has 0 aliphatic rings. The zero-order valence-electron chi connectivity index (χ0n) is 11.1. The zero-order chi connectivity index (χ0) is 12.5. The second-order valence-corrected chi connectivity index (χ2v) is 4.17. The van der Waals surface area contributed by atoms with E-state index in [-0.39, 0.29) is 0 Å². The van der Waals surface area contributed by atoms with Gasteiger partial charge in [0.25, 0.3) is 0 Å². The smallest absolute Gasteiger partial charge is 0.0240 e. The van der Waals surface area contributed by atoms with Crippen molar-refractivity contribution in [3.8, 4) is 0 Å². The van der Waals surface area contributed by atoms with E-state index < -0.39 is 0 Å². The van der Waals surface area contributed by atoms with E-state index in [0.29, 0.717) is 0 Å². The molecule has 1 aromatic rings. The standard InChI is InChI=1S/C15H24N2/c1-4-11-17(6-3)13-15-10-8-7-9-14(15)12-16-5-2/h4,7-10,16H,1,5-6,11-13H2,2-3H3. The van der Waals surface area contributed by atoms with Crippen LogP contribution in [0.4, 0.5) is 0 Å². The summed E-state index contributed by atoms with van der Waals surface area (Å²) < 4.78 is 0. The molecule has 2 heteroatoms. The van der Waals surface area contributed by atoms with E-state index in [9.17, 15) is 0 Å². The normalized spacial score (nSPS) is 10.8. The Hall–Kier alpha value is -1.12. The van der Waals surface area contributed by atoms with Gasteiger partial charge in [0.05, 0.1) is 0 Å². The minimum Gasteiger partial charge on any atom is -0.313 e. The minimum atomic E-state index is 0.950. The van der Waals surface area contributed by atoms with Gasteiger partial charge in [-0.05, 0) is 24.2 Å². The molecule has 1 aromatic carbocycles. The summed E-state index contributed by atoms with van der Waals surface area (Å²) >= 11 is 0. The van der Waals surface area contributed by atoms with Crippen molar-refractivity contribution in [1.82, 2.24) is 10.2 Å². The maximum atomic E-state index is 3.81. The summed E-state index contributed by atoms with van der Waals surface area (Å²) in [6.45, 7) is 13.1. The van der Waals surface area contributed by atoms with E-state index in [2.05, 4.69) is 54.9 Å². The van der Waals surface area contributed by atoms with E-state index in [1.54, 1.807) is 0 Å². The summed E-state index contributed by atoms with van der Waals surface area (Å²) in [6.07, 6.45) is 1.97. The van der Waals surface area contributed by atoms with Crippen LogP contribution in [0, 0.1) is 0 Å². The van der Waals surface area contributed by atoms with Crippen LogP contribution in [-0.2, 0) is 13.1 Å². The fourth-order valence-corrected chi connectivity index (χ4v) is 1.87. The van der Waals surface area contributed by atoms with Crippen LogP contribution < -0.4 is 5.32 Å². The Balaban J connectivity index is 2.70. The molecule has 0 heterocycles. The second kappa shape index (κ2) is 8.04. The minimum absolute atomic E-state index is 0.950. The van der Waals surface area contributed by atoms with Crippen molar-refractivity contribution in [1.29, 1.82) is 0 Å². The topological polar surface area (TPSA) is 15.3 Å². The first-order chi connectivity index (χ1) is 8.31. The Kier molecular flexibility index (Phi) is 6.60. The third-order valence-electron chi connectivity index (χ3n) is 2.91. The Morgan fingerprint density at radius 3 is 2.53 bits per heavy atom. The predicted octanol–water partition coefficient (Wildman–Crippen LogP) is 2.80. The predicted molar refractivity (Wildman–Crippen MR) is 75.0 cm³/mol. The molecule has 0 saturated heterocycles. The molecule has 0 bridgehead atoms. The van der Waals surface area contributed by atoms with Gasteiger partial charge in [0.15, 0.2) is 0 Å². The fraction of sp³-hybridized carbons (Fsp3) is 0.467. The highest BCUT2D eigenvalue weighted by Gasteiger charge is 2.05. The van der Waals surface area contributed by atoms with E-state index in [1.807, 2.05) is 6.08 Å². The molecule has 0 fully saturated rings. The fourth-order valence-electron chi connectivity index (χ4n) is 1.87. The van der Waals surface area contributed by atoms with Crippen LogP contribution in [0.25, 0.3) is 0 Å². The quantitative estimate of drug-likeness (QED) is 0.693. The van der Waals surface area contributed by atoms with Crippen LogP contribution >= 0.6 is 0 Å². The summed E-state index contributed by atoms with van der Waals surface area (Å²) in [7, 11) is 0. The maximum Gasteiger partial charge on any atom is 0.0240 e. The van der Waals surface area contributed by atoms with Crippen molar-refractivity contribution in [2.45, 2.75) is 26.9 Å². The Morgan fingerprint density at radius 1 is 1.24 bits per heavy atom. The van der Waals surface area contributed by atoms with Gasteiger partial charge in [0, 0.05) is 19.6 Å². The number of hydrogen-bond donors (Lipinski definition) is 1. The number of hydrogen-bond acceptors (Lipinski definition) is 2. The second-order valence-electron chi connectivity index (χ2n) is 4.17. The molecule has 0 amide bonds. The molecule has 0 aromatic heterocycles. The van der Waals surface area contributed by atoms with E-state index in [1.165, 1.54) is 11.1 Å². The van der Waals surface area contributed by atoms with Crippen LogP contribution in [0.3, 0.4) is 0 Å². The molecule has 0 aliphatic carbocycles. The molecular weight excluding hydrogens is 208 g/mol. The SMILES string of the molecule is C=CCN(CC)Cc1ccccc1CNCC. The monoisotopic (exact) mass is 232 g/mol. The van der Waals surface area contributed by atoms with Gasteiger partial charge in [-0.25, -0.2) is 0 Å². The number of benzene rings is 1. The molecule has 0 saturated carbocycles. The summed E-state index contributed by atoms with van der Waals surface area (Å²) in [4.78, 5) is 2.39. The molecule has 94 valence electrons. The van der Waals surface area contributed by atoms with E-state index >= 15 is 0 Å². The highest BCUT2D eigenvalue weighted by molar-refractivity contribution is 5.27. The van der Waals surface area contributed by atoms with Crippen molar-refractivity contribution < 1.29 is 0 Å². The van der Waals surface area contributed by atoms with Gasteiger partial charge in [0.2, 0.25) is 0 Å². The van der Waals surface area contributed by atoms with Gasteiger partial charge in [0.1, 0.15) is 0 Å². The lowest BCUT2D eigenvalue weighted by molar-refractivity contribution is 0.310. The number of nitrogens with zero attached hydrogens (tertiary/aromatic N) is 1. The maximum absolute atomic E-state index is 3.81. The van der Waals surface area contributed by atoms with Gasteiger partial charge in [-0.15, -0.1) is 6.58 Å². The molecule has 0 spiro atoms. The van der Waals surface area contributed by atoms with E-state index in [0.717, 1.165) is 32.7 Å². The Morgan fingerprint density at radius 2 is 1.94 bits per heavy atom. The Bertz CT molecular complexity index is 333. The number of nitrogens with one attached hydrogen (secondary N) is 1. The summed E-state index contributed by atoms with van der Waals surface area (Å²) in [5, 5.41) is 3.39. The van der Waals surface area contributed by atoms with Gasteiger partial charge < -0.3 is 5.32 Å². The van der Waals surface area contributed by atoms with Crippen molar-refractivity contribution >= 4 is 0 Å². The van der Waals surface area contributed by atoms with Gasteiger partial charge in [-0.3, -0.25) is 4.90 Å². The molecule has 0 atom stereocenters. The lowest BCUT2D eigenvalue weighted by Gasteiger charge is -2.20. The summed E-state index contributed by atoms with van der Waals surface area (Å²) in [5.74, 6) is 0. The molecule has 0 aliphatic heterocycles. The average molecular weight is 232 g/mol. The largest absolute Gasteiger partial charge is 0.313 e. The number of rotatable bonds is 8. The molecule has 0 radical (unpaired) electrons. The van der Waals surface area contributed by atoms with Gasteiger partial charge in [-0.2, -0.15) is 0 Å². The van der Waals surface area contributed by atoms with E-state index in [4.69, 9.17) is 0 Å². The molecular formula is C15H24N2. The summed E-state index contributed by atoms with van der Waals surface area (Å²) in [5.41, 5.74) is 2.81. The summed E-state index contributed by atoms with van der Waals surface area (Å²) in [6, 6.07) is 8.66. The van der Waals surface area contributed by atoms with Crippen LogP contribution in [0.5, 0.6) is 0 Å². The molecule has 1 rings (SSSR count). The zero-order valence-corrected chi connectivity index (χ0v) is 11.1. The van der Waals surface area contributed by atoms with Crippen LogP contribution in [0.15, 0.2) is 36.9 Å². The van der Waals surface area contributed by atoms with Crippen LogP contribution in [-0.4, -0.2) is 24.5 Å². The lowest BCUT2D eigenvalue weighted by atomic mass is 10.1. The van der Waals surface area contributed by atoms with Gasteiger partial charge >= 0.3 is 0 Å². The lowest BCUT2D eigenvalue weighted by Crippen LogP contribution is -2.24. The van der Waals surface area contributed by atoms with Crippen LogP contribution in [0.2, 0.25) is 0 Å². The first-order valence-corrected chi connectivity index (χ1v) is 6.42. The highest BCUT2D eigenvalue weighted by Crippen LogP contribution is 2.11. The Labute approximate surface area is 105 Å². The van der Waals surface area contributed by atoms with Crippen molar-refractivity contribution in [2.75, 3.05) is 19.6 Å². The van der Waals surface area contributed by atoms with Crippen molar-refractivity contribution in [3.63, 3.8) is 0 Å². The third-order valence-corrected chi connectivity index (χ3v) is 2.91. The van der Waals surface area contributed by atoms with Crippen molar-refractivity contribution in [2.24, 2.45) is 0 Å². The first kappa shape index (κ1) is 13.9. The van der Waals surface area contributed by atoms with Crippen LogP contribution in [0.1, 0.15) is 25.0 Å². The molecule has 17 heavy (non-hydrogen) atoms. The first-order valence-electron chi connectivity index (χ1n) is 6.42. The third kappa shape index (κ3) is 4.72. The highest BCUT2D eigenvalue weighted by atomic mass is 15.1. The average Bonchev–Trinajstić information content (AvgIpc) is 2.37. The molecule has 2 nitrogen and oxygen atoms in total.